The van der Waals surface area contributed by atoms with Crippen LogP contribution < -0.4 is 10.2 Å². The summed E-state index contributed by atoms with van der Waals surface area (Å²) in [6.07, 6.45) is 4.02. The largest absolute Gasteiger partial charge is 0.355 e. The summed E-state index contributed by atoms with van der Waals surface area (Å²) in [5.41, 5.74) is 0.965. The van der Waals surface area contributed by atoms with Crippen LogP contribution >= 0.6 is 0 Å². The third-order valence-electron chi connectivity index (χ3n) is 6.18. The molecule has 0 radical (unpaired) electrons. The van der Waals surface area contributed by atoms with Gasteiger partial charge in [0.1, 0.15) is 11.9 Å². The van der Waals surface area contributed by atoms with Gasteiger partial charge in [-0.25, -0.2) is 8.42 Å². The Hall–Kier alpha value is -2.39. The first-order valence-electron chi connectivity index (χ1n) is 11.0. The molecule has 2 aliphatic rings. The van der Waals surface area contributed by atoms with Gasteiger partial charge in [0, 0.05) is 38.8 Å². The number of hydrogen-bond donors (Lipinski definition) is 1. The van der Waals surface area contributed by atoms with Crippen molar-refractivity contribution < 1.29 is 13.2 Å². The molecule has 9 heteroatoms. The van der Waals surface area contributed by atoms with Gasteiger partial charge in [0.2, 0.25) is 15.9 Å². The molecule has 1 aromatic carbocycles. The van der Waals surface area contributed by atoms with Gasteiger partial charge in [-0.3, -0.25) is 9.48 Å². The highest BCUT2D eigenvalue weighted by atomic mass is 32.2. The van der Waals surface area contributed by atoms with Crippen LogP contribution in [0.15, 0.2) is 41.3 Å². The Labute approximate surface area is 184 Å². The van der Waals surface area contributed by atoms with Gasteiger partial charge < -0.3 is 10.2 Å². The van der Waals surface area contributed by atoms with Crippen molar-refractivity contribution in [2.75, 3.05) is 24.5 Å². The Bertz CT molecular complexity index is 1020. The fraction of sp³-hybridized carbons (Fsp3) is 0.545. The number of rotatable bonds is 5. The SMILES string of the molecule is Cc1cc(N2CCC[C@H](NC(=O)[C@@H]3CCCCN3S(=O)(=O)c3ccccc3)C2)n(C)n1. The zero-order valence-electron chi connectivity index (χ0n) is 18.2. The smallest absolute Gasteiger partial charge is 0.243 e. The highest BCUT2D eigenvalue weighted by molar-refractivity contribution is 7.89. The average Bonchev–Trinajstić information content (AvgIpc) is 3.12. The maximum absolute atomic E-state index is 13.2. The summed E-state index contributed by atoms with van der Waals surface area (Å²) in [5.74, 6) is 0.856. The molecule has 2 aromatic rings. The molecule has 0 spiro atoms. The summed E-state index contributed by atoms with van der Waals surface area (Å²) < 4.78 is 29.7. The summed E-state index contributed by atoms with van der Waals surface area (Å²) in [7, 11) is -1.77. The van der Waals surface area contributed by atoms with Gasteiger partial charge in [-0.1, -0.05) is 24.6 Å². The van der Waals surface area contributed by atoms with Crippen molar-refractivity contribution >= 4 is 21.7 Å². The van der Waals surface area contributed by atoms with Gasteiger partial charge in [-0.15, -0.1) is 0 Å². The Balaban J connectivity index is 1.47. The van der Waals surface area contributed by atoms with Crippen LogP contribution in [-0.4, -0.2) is 60.1 Å². The molecule has 3 heterocycles. The van der Waals surface area contributed by atoms with Gasteiger partial charge in [-0.05, 0) is 44.7 Å². The predicted octanol–water partition coefficient (Wildman–Crippen LogP) is 2.06. The molecule has 0 unspecified atom stereocenters. The number of hydrogen-bond acceptors (Lipinski definition) is 5. The van der Waals surface area contributed by atoms with Gasteiger partial charge in [0.05, 0.1) is 10.6 Å². The molecule has 8 nitrogen and oxygen atoms in total. The lowest BCUT2D eigenvalue weighted by Crippen LogP contribution is -2.56. The summed E-state index contributed by atoms with van der Waals surface area (Å²) in [6.45, 7) is 3.96. The van der Waals surface area contributed by atoms with Gasteiger partial charge in [0.25, 0.3) is 0 Å². The van der Waals surface area contributed by atoms with Gasteiger partial charge in [0.15, 0.2) is 0 Å². The van der Waals surface area contributed by atoms with E-state index in [0.717, 1.165) is 43.7 Å². The fourth-order valence-corrected chi connectivity index (χ4v) is 6.35. The predicted molar refractivity (Wildman–Crippen MR) is 119 cm³/mol. The molecule has 2 aliphatic heterocycles. The van der Waals surface area contributed by atoms with Crippen LogP contribution in [0.25, 0.3) is 0 Å². The van der Waals surface area contributed by atoms with E-state index in [1.807, 2.05) is 18.7 Å². The maximum atomic E-state index is 13.2. The standard InChI is InChI=1S/C22H31N5O3S/c1-17-15-21(25(2)24-17)26-13-8-9-18(16-26)23-22(28)20-12-6-7-14-27(20)31(29,30)19-10-4-3-5-11-19/h3-5,10-11,15,18,20H,6-9,12-14,16H2,1-2H3,(H,23,28)/t18-,20-/m0/s1. The van der Waals surface area contributed by atoms with Crippen molar-refractivity contribution in [1.29, 1.82) is 0 Å². The first-order chi connectivity index (χ1) is 14.9. The monoisotopic (exact) mass is 445 g/mol. The van der Waals surface area contributed by atoms with Crippen molar-refractivity contribution in [3.8, 4) is 0 Å². The Morgan fingerprint density at radius 3 is 2.58 bits per heavy atom. The molecule has 2 atom stereocenters. The van der Waals surface area contributed by atoms with Crippen molar-refractivity contribution in [3.05, 3.63) is 42.1 Å². The molecular formula is C22H31N5O3S. The molecule has 2 saturated heterocycles. The number of piperidine rings is 2. The summed E-state index contributed by atoms with van der Waals surface area (Å²) >= 11 is 0. The molecule has 0 saturated carbocycles. The summed E-state index contributed by atoms with van der Waals surface area (Å²) in [5, 5.41) is 7.58. The molecule has 1 amide bonds. The second-order valence-electron chi connectivity index (χ2n) is 8.50. The Morgan fingerprint density at radius 1 is 1.10 bits per heavy atom. The highest BCUT2D eigenvalue weighted by Crippen LogP contribution is 2.26. The second kappa shape index (κ2) is 9.00. The van der Waals surface area contributed by atoms with Crippen LogP contribution in [0.3, 0.4) is 0 Å². The van der Waals surface area contributed by atoms with Crippen LogP contribution in [-0.2, 0) is 21.9 Å². The number of aryl methyl sites for hydroxylation is 2. The summed E-state index contributed by atoms with van der Waals surface area (Å²) in [6, 6.07) is 9.78. The van der Waals surface area contributed by atoms with Crippen LogP contribution in [0, 0.1) is 6.92 Å². The zero-order chi connectivity index (χ0) is 22.0. The number of nitrogens with zero attached hydrogens (tertiary/aromatic N) is 4. The van der Waals surface area contributed by atoms with Crippen LogP contribution in [0.5, 0.6) is 0 Å². The van der Waals surface area contributed by atoms with E-state index in [0.29, 0.717) is 19.5 Å². The lowest BCUT2D eigenvalue weighted by atomic mass is 10.0. The number of amides is 1. The van der Waals surface area contributed by atoms with Crippen LogP contribution in [0.2, 0.25) is 0 Å². The van der Waals surface area contributed by atoms with E-state index in [-0.39, 0.29) is 16.8 Å². The van der Waals surface area contributed by atoms with Crippen LogP contribution in [0.4, 0.5) is 5.82 Å². The molecule has 1 N–H and O–H groups in total. The van der Waals surface area contributed by atoms with E-state index < -0.39 is 16.1 Å². The van der Waals surface area contributed by atoms with Crippen LogP contribution in [0.1, 0.15) is 37.8 Å². The zero-order valence-corrected chi connectivity index (χ0v) is 19.0. The minimum absolute atomic E-state index is 0.0142. The average molecular weight is 446 g/mol. The number of aromatic nitrogens is 2. The molecular weight excluding hydrogens is 414 g/mol. The number of nitrogens with one attached hydrogen (secondary N) is 1. The third kappa shape index (κ3) is 4.62. The van der Waals surface area contributed by atoms with Crippen molar-refractivity contribution in [2.24, 2.45) is 7.05 Å². The summed E-state index contributed by atoms with van der Waals surface area (Å²) in [4.78, 5) is 15.7. The van der Waals surface area contributed by atoms with E-state index in [2.05, 4.69) is 21.4 Å². The number of carbonyl (C=O) groups excluding carboxylic acids is 1. The first kappa shape index (κ1) is 21.8. The minimum Gasteiger partial charge on any atom is -0.355 e. The van der Waals surface area contributed by atoms with Gasteiger partial charge in [-0.2, -0.15) is 9.40 Å². The molecule has 1 aromatic heterocycles. The van der Waals surface area contributed by atoms with E-state index in [9.17, 15) is 13.2 Å². The Morgan fingerprint density at radius 2 is 1.87 bits per heavy atom. The molecule has 2 fully saturated rings. The number of sulfonamides is 1. The Kier molecular flexibility index (Phi) is 6.34. The highest BCUT2D eigenvalue weighted by Gasteiger charge is 2.38. The molecule has 168 valence electrons. The number of benzene rings is 1. The van der Waals surface area contributed by atoms with E-state index >= 15 is 0 Å². The van der Waals surface area contributed by atoms with Crippen molar-refractivity contribution in [2.45, 2.75) is 56.0 Å². The fourth-order valence-electron chi connectivity index (χ4n) is 4.68. The maximum Gasteiger partial charge on any atom is 0.243 e. The topological polar surface area (TPSA) is 87.5 Å². The molecule has 0 aliphatic carbocycles. The number of anilines is 1. The van der Waals surface area contributed by atoms with E-state index in [4.69, 9.17) is 0 Å². The minimum atomic E-state index is -3.70. The molecule has 31 heavy (non-hydrogen) atoms. The molecule has 4 rings (SSSR count). The third-order valence-corrected chi connectivity index (χ3v) is 8.10. The quantitative estimate of drug-likeness (QED) is 0.761. The van der Waals surface area contributed by atoms with E-state index in [1.54, 1.807) is 30.3 Å². The van der Waals surface area contributed by atoms with E-state index in [1.165, 1.54) is 4.31 Å². The lowest BCUT2D eigenvalue weighted by Gasteiger charge is -2.37. The first-order valence-corrected chi connectivity index (χ1v) is 12.4. The normalized spacial score (nSPS) is 23.0. The second-order valence-corrected chi connectivity index (χ2v) is 10.4. The lowest BCUT2D eigenvalue weighted by molar-refractivity contribution is -0.126. The number of carbonyl (C=O) groups is 1. The van der Waals surface area contributed by atoms with Crippen molar-refractivity contribution in [1.82, 2.24) is 19.4 Å². The van der Waals surface area contributed by atoms with Gasteiger partial charge >= 0.3 is 0 Å². The molecule has 0 bridgehead atoms. The van der Waals surface area contributed by atoms with Crippen molar-refractivity contribution in [3.63, 3.8) is 0 Å².